The first-order valence-corrected chi connectivity index (χ1v) is 6.37. The van der Waals surface area contributed by atoms with Gasteiger partial charge in [0.15, 0.2) is 5.76 Å². The third-order valence-electron chi connectivity index (χ3n) is 2.79. The van der Waals surface area contributed by atoms with E-state index >= 15 is 0 Å². The van der Waals surface area contributed by atoms with Crippen LogP contribution in [-0.2, 0) is 0 Å². The molecule has 0 spiro atoms. The van der Waals surface area contributed by atoms with Crippen molar-refractivity contribution in [1.82, 2.24) is 0 Å². The zero-order valence-corrected chi connectivity index (χ0v) is 10.6. The van der Waals surface area contributed by atoms with E-state index in [0.717, 1.165) is 10.7 Å². The molecule has 0 saturated carbocycles. The Labute approximate surface area is 109 Å². The number of furan rings is 1. The van der Waals surface area contributed by atoms with Crippen LogP contribution in [0, 0.1) is 0 Å². The zero-order valence-electron chi connectivity index (χ0n) is 9.79. The van der Waals surface area contributed by atoms with Gasteiger partial charge >= 0.3 is 0 Å². The Morgan fingerprint density at radius 1 is 1.28 bits per heavy atom. The number of hydrogen-bond donors (Lipinski definition) is 0. The van der Waals surface area contributed by atoms with Gasteiger partial charge in [-0.1, -0.05) is 23.9 Å². The number of carbonyl (C=O) groups excluding carboxylic acids is 1. The van der Waals surface area contributed by atoms with E-state index in [0.29, 0.717) is 5.76 Å². The number of benzene rings is 1. The van der Waals surface area contributed by atoms with E-state index in [1.807, 2.05) is 30.1 Å². The molecule has 0 atom stereocenters. The molecule has 3 rings (SSSR count). The molecule has 1 aromatic heterocycles. The first-order chi connectivity index (χ1) is 8.75. The maximum absolute atomic E-state index is 11.9. The van der Waals surface area contributed by atoms with Crippen LogP contribution in [0.4, 0.5) is 5.69 Å². The second-order valence-electron chi connectivity index (χ2n) is 3.95. The largest absolute Gasteiger partial charge is 0.461 e. The molecule has 0 radical (unpaired) electrons. The van der Waals surface area contributed by atoms with Crippen molar-refractivity contribution in [3.05, 3.63) is 59.5 Å². The predicted octanol–water partition coefficient (Wildman–Crippen LogP) is 3.55. The summed E-state index contributed by atoms with van der Waals surface area (Å²) in [5.74, 6) is 0.259. The van der Waals surface area contributed by atoms with Gasteiger partial charge in [0, 0.05) is 18.0 Å². The van der Waals surface area contributed by atoms with Crippen molar-refractivity contribution in [1.29, 1.82) is 0 Å². The number of nitrogens with zero attached hydrogens (tertiary/aromatic N) is 1. The van der Waals surface area contributed by atoms with Crippen LogP contribution < -0.4 is 4.90 Å². The molecule has 0 fully saturated rings. The number of hydrogen-bond acceptors (Lipinski definition) is 4. The summed E-state index contributed by atoms with van der Waals surface area (Å²) < 4.78 is 5.10. The van der Waals surface area contributed by atoms with Crippen molar-refractivity contribution in [2.24, 2.45) is 0 Å². The number of rotatable bonds is 2. The predicted molar refractivity (Wildman–Crippen MR) is 71.8 cm³/mol. The minimum absolute atomic E-state index is 0.109. The molecule has 0 bridgehead atoms. The number of thioether (sulfide) groups is 1. The Kier molecular flexibility index (Phi) is 2.72. The summed E-state index contributed by atoms with van der Waals surface area (Å²) in [6, 6.07) is 11.5. The Balaban J connectivity index is 1.90. The maximum atomic E-state index is 11.9. The molecule has 1 aromatic carbocycles. The summed E-state index contributed by atoms with van der Waals surface area (Å²) in [4.78, 5) is 15.1. The molecule has 0 saturated heterocycles. The standard InChI is InChI=1S/C14H11NO2S/c1-15-10-5-2-3-7-13(10)18-14(15)9-11(16)12-6-4-8-17-12/h2-9H,1H3. The third kappa shape index (κ3) is 1.84. The topological polar surface area (TPSA) is 33.5 Å². The highest BCUT2D eigenvalue weighted by atomic mass is 32.2. The van der Waals surface area contributed by atoms with Gasteiger partial charge in [-0.15, -0.1) is 0 Å². The first-order valence-electron chi connectivity index (χ1n) is 5.56. The van der Waals surface area contributed by atoms with E-state index < -0.39 is 0 Å². The zero-order chi connectivity index (χ0) is 12.5. The quantitative estimate of drug-likeness (QED) is 0.608. The lowest BCUT2D eigenvalue weighted by Crippen LogP contribution is -2.11. The first kappa shape index (κ1) is 11.2. The Morgan fingerprint density at radius 2 is 2.11 bits per heavy atom. The summed E-state index contributed by atoms with van der Waals surface area (Å²) >= 11 is 1.59. The van der Waals surface area contributed by atoms with Crippen LogP contribution in [-0.4, -0.2) is 12.8 Å². The van der Waals surface area contributed by atoms with Crippen LogP contribution in [0.15, 0.2) is 63.1 Å². The van der Waals surface area contributed by atoms with E-state index in [9.17, 15) is 4.79 Å². The second-order valence-corrected chi connectivity index (χ2v) is 5.02. The van der Waals surface area contributed by atoms with Crippen LogP contribution in [0.1, 0.15) is 10.6 Å². The lowest BCUT2D eigenvalue weighted by atomic mass is 10.3. The summed E-state index contributed by atoms with van der Waals surface area (Å²) in [6.07, 6.45) is 3.12. The van der Waals surface area contributed by atoms with Gasteiger partial charge in [0.25, 0.3) is 0 Å². The molecule has 0 amide bonds. The van der Waals surface area contributed by atoms with Gasteiger partial charge in [0.2, 0.25) is 5.78 Å². The number of carbonyl (C=O) groups is 1. The summed E-state index contributed by atoms with van der Waals surface area (Å²) in [5, 5.41) is 0.914. The number of fused-ring (bicyclic) bond motifs is 1. The molecule has 0 N–H and O–H groups in total. The number of allylic oxidation sites excluding steroid dienone is 1. The molecule has 2 heterocycles. The second kappa shape index (κ2) is 4.38. The number of ketones is 1. The van der Waals surface area contributed by atoms with Gasteiger partial charge in [-0.05, 0) is 24.3 Å². The van der Waals surface area contributed by atoms with Crippen molar-refractivity contribution in [2.45, 2.75) is 4.90 Å². The van der Waals surface area contributed by atoms with Crippen LogP contribution in [0.5, 0.6) is 0 Å². The number of anilines is 1. The molecular weight excluding hydrogens is 246 g/mol. The monoisotopic (exact) mass is 257 g/mol. The van der Waals surface area contributed by atoms with E-state index in [1.165, 1.54) is 11.2 Å². The van der Waals surface area contributed by atoms with Gasteiger partial charge in [-0.25, -0.2) is 0 Å². The molecule has 0 unspecified atom stereocenters. The summed E-state index contributed by atoms with van der Waals surface area (Å²) in [6.45, 7) is 0. The highest BCUT2D eigenvalue weighted by Gasteiger charge is 2.22. The van der Waals surface area contributed by atoms with Crippen molar-refractivity contribution in [2.75, 3.05) is 11.9 Å². The van der Waals surface area contributed by atoms with Gasteiger partial charge in [0.05, 0.1) is 17.0 Å². The molecule has 1 aliphatic rings. The SMILES string of the molecule is CN1C(=CC(=O)c2ccco2)Sc2ccccc21. The fourth-order valence-corrected chi connectivity index (χ4v) is 2.93. The molecule has 2 aromatic rings. The Morgan fingerprint density at radius 3 is 2.83 bits per heavy atom. The maximum Gasteiger partial charge on any atom is 0.223 e. The van der Waals surface area contributed by atoms with Crippen molar-refractivity contribution in [3.8, 4) is 0 Å². The molecule has 90 valence electrons. The van der Waals surface area contributed by atoms with Gasteiger partial charge in [0.1, 0.15) is 0 Å². The average molecular weight is 257 g/mol. The minimum Gasteiger partial charge on any atom is -0.461 e. The van der Waals surface area contributed by atoms with Crippen molar-refractivity contribution >= 4 is 23.2 Å². The van der Waals surface area contributed by atoms with Crippen molar-refractivity contribution in [3.63, 3.8) is 0 Å². The lowest BCUT2D eigenvalue weighted by molar-refractivity contribution is 0.102. The van der Waals surface area contributed by atoms with Gasteiger partial charge in [-0.2, -0.15) is 0 Å². The molecule has 3 nitrogen and oxygen atoms in total. The highest BCUT2D eigenvalue weighted by Crippen LogP contribution is 2.44. The summed E-state index contributed by atoms with van der Waals surface area (Å²) in [5.41, 5.74) is 1.13. The van der Waals surface area contributed by atoms with Crippen LogP contribution in [0.3, 0.4) is 0 Å². The fraction of sp³-hybridized carbons (Fsp3) is 0.0714. The molecule has 1 aliphatic heterocycles. The van der Waals surface area contributed by atoms with E-state index in [4.69, 9.17) is 4.42 Å². The van der Waals surface area contributed by atoms with Crippen molar-refractivity contribution < 1.29 is 9.21 Å². The van der Waals surface area contributed by atoms with E-state index in [1.54, 1.807) is 30.0 Å². The average Bonchev–Trinajstić information content (AvgIpc) is 3.00. The fourth-order valence-electron chi connectivity index (χ4n) is 1.85. The normalized spacial score (nSPS) is 16.1. The summed E-state index contributed by atoms with van der Waals surface area (Å²) in [7, 11) is 1.96. The lowest BCUT2D eigenvalue weighted by Gasteiger charge is -2.12. The smallest absolute Gasteiger partial charge is 0.223 e. The third-order valence-corrected chi connectivity index (χ3v) is 3.96. The molecule has 0 aliphatic carbocycles. The molecule has 18 heavy (non-hydrogen) atoms. The van der Waals surface area contributed by atoms with E-state index in [-0.39, 0.29) is 5.78 Å². The van der Waals surface area contributed by atoms with Gasteiger partial charge in [-0.3, -0.25) is 4.79 Å². The Bertz CT molecular complexity index is 616. The highest BCUT2D eigenvalue weighted by molar-refractivity contribution is 8.03. The Hall–Kier alpha value is -1.94. The van der Waals surface area contributed by atoms with Gasteiger partial charge < -0.3 is 9.32 Å². The van der Waals surface area contributed by atoms with Crippen LogP contribution >= 0.6 is 11.8 Å². The van der Waals surface area contributed by atoms with Crippen LogP contribution in [0.25, 0.3) is 0 Å². The minimum atomic E-state index is -0.109. The van der Waals surface area contributed by atoms with Crippen LogP contribution in [0.2, 0.25) is 0 Å². The molecule has 4 heteroatoms. The molecular formula is C14H11NO2S. The number of para-hydroxylation sites is 1. The van der Waals surface area contributed by atoms with E-state index in [2.05, 4.69) is 6.07 Å².